The molecule has 21 heavy (non-hydrogen) atoms. The van der Waals surface area contributed by atoms with Crippen LogP contribution in [0.5, 0.6) is 0 Å². The Kier molecular flexibility index (Phi) is 6.00. The Morgan fingerprint density at radius 3 is 2.67 bits per heavy atom. The van der Waals surface area contributed by atoms with E-state index in [1.54, 1.807) is 0 Å². The van der Waals surface area contributed by atoms with E-state index in [1.165, 1.54) is 5.56 Å². The van der Waals surface area contributed by atoms with E-state index < -0.39 is 0 Å². The minimum atomic E-state index is 0.420. The van der Waals surface area contributed by atoms with E-state index in [9.17, 15) is 0 Å². The molecule has 1 aromatic heterocycles. The Morgan fingerprint density at radius 1 is 1.24 bits per heavy atom. The van der Waals surface area contributed by atoms with Crippen LogP contribution < -0.4 is 5.73 Å². The number of halogens is 1. The first-order chi connectivity index (χ1) is 10.1. The molecule has 0 spiro atoms. The van der Waals surface area contributed by atoms with Crippen LogP contribution in [0.4, 0.5) is 0 Å². The Balaban J connectivity index is 2.02. The summed E-state index contributed by atoms with van der Waals surface area (Å²) in [6, 6.07) is 10.9. The molecule has 0 aliphatic carbocycles. The molecular formula is C17H24BrN3. The van der Waals surface area contributed by atoms with Crippen molar-refractivity contribution in [3.63, 3.8) is 0 Å². The first kappa shape index (κ1) is 16.2. The standard InChI is InChI=1S/C17H24BrN3/c1-3-13(2)21-9-8-16(20-21)11-14(12-19)10-15-6-4-5-7-17(15)18/h4-9,13-14H,3,10-12,19H2,1-2H3. The third-order valence-corrected chi connectivity index (χ3v) is 4.78. The number of nitrogens with zero attached hydrogens (tertiary/aromatic N) is 2. The highest BCUT2D eigenvalue weighted by Crippen LogP contribution is 2.21. The summed E-state index contributed by atoms with van der Waals surface area (Å²) in [5.74, 6) is 0.420. The molecular weight excluding hydrogens is 326 g/mol. The third kappa shape index (κ3) is 4.42. The lowest BCUT2D eigenvalue weighted by atomic mass is 9.95. The van der Waals surface area contributed by atoms with Gasteiger partial charge in [0.15, 0.2) is 0 Å². The molecule has 1 heterocycles. The van der Waals surface area contributed by atoms with Crippen LogP contribution in [0.2, 0.25) is 0 Å². The summed E-state index contributed by atoms with van der Waals surface area (Å²) in [6.07, 6.45) is 5.09. The zero-order chi connectivity index (χ0) is 15.2. The molecule has 0 saturated heterocycles. The second-order valence-corrected chi connectivity index (χ2v) is 6.50. The lowest BCUT2D eigenvalue weighted by molar-refractivity contribution is 0.463. The van der Waals surface area contributed by atoms with Gasteiger partial charge in [0.05, 0.1) is 5.69 Å². The zero-order valence-electron chi connectivity index (χ0n) is 12.8. The van der Waals surface area contributed by atoms with Crippen LogP contribution in [-0.4, -0.2) is 16.3 Å². The smallest absolute Gasteiger partial charge is 0.0628 e. The van der Waals surface area contributed by atoms with Crippen LogP contribution in [-0.2, 0) is 12.8 Å². The van der Waals surface area contributed by atoms with Crippen LogP contribution in [0, 0.1) is 5.92 Å². The van der Waals surface area contributed by atoms with Gasteiger partial charge in [-0.25, -0.2) is 0 Å². The monoisotopic (exact) mass is 349 g/mol. The molecule has 0 aliphatic rings. The fourth-order valence-corrected chi connectivity index (χ4v) is 2.87. The molecule has 4 heteroatoms. The topological polar surface area (TPSA) is 43.8 Å². The minimum Gasteiger partial charge on any atom is -0.330 e. The second kappa shape index (κ2) is 7.76. The lowest BCUT2D eigenvalue weighted by Crippen LogP contribution is -2.20. The number of aromatic nitrogens is 2. The Bertz CT molecular complexity index is 565. The SMILES string of the molecule is CCC(C)n1ccc(CC(CN)Cc2ccccc2Br)n1. The Morgan fingerprint density at radius 2 is 2.00 bits per heavy atom. The normalized spacial score (nSPS) is 14.1. The fraction of sp³-hybridized carbons (Fsp3) is 0.471. The molecule has 2 unspecified atom stereocenters. The molecule has 1 aromatic carbocycles. The molecule has 0 amide bonds. The maximum atomic E-state index is 5.96. The molecule has 2 rings (SSSR count). The van der Waals surface area contributed by atoms with Crippen molar-refractivity contribution in [1.82, 2.24) is 9.78 Å². The van der Waals surface area contributed by atoms with Crippen LogP contribution in [0.15, 0.2) is 41.0 Å². The van der Waals surface area contributed by atoms with Gasteiger partial charge in [-0.05, 0) is 56.3 Å². The maximum Gasteiger partial charge on any atom is 0.0628 e. The molecule has 0 radical (unpaired) electrons. The van der Waals surface area contributed by atoms with Gasteiger partial charge in [-0.1, -0.05) is 41.1 Å². The van der Waals surface area contributed by atoms with Gasteiger partial charge in [-0.15, -0.1) is 0 Å². The van der Waals surface area contributed by atoms with Crippen molar-refractivity contribution in [1.29, 1.82) is 0 Å². The Labute approximate surface area is 135 Å². The van der Waals surface area contributed by atoms with Gasteiger partial charge in [-0.3, -0.25) is 4.68 Å². The van der Waals surface area contributed by atoms with Gasteiger partial charge in [0, 0.05) is 16.7 Å². The molecule has 0 aliphatic heterocycles. The second-order valence-electron chi connectivity index (χ2n) is 5.65. The summed E-state index contributed by atoms with van der Waals surface area (Å²) in [7, 11) is 0. The van der Waals surface area contributed by atoms with Crippen molar-refractivity contribution in [2.75, 3.05) is 6.54 Å². The summed E-state index contributed by atoms with van der Waals surface area (Å²) in [6.45, 7) is 5.05. The van der Waals surface area contributed by atoms with E-state index in [0.29, 0.717) is 18.5 Å². The highest BCUT2D eigenvalue weighted by Gasteiger charge is 2.13. The highest BCUT2D eigenvalue weighted by atomic mass is 79.9. The fourth-order valence-electron chi connectivity index (χ4n) is 2.43. The first-order valence-electron chi connectivity index (χ1n) is 7.61. The maximum absolute atomic E-state index is 5.96. The molecule has 0 fully saturated rings. The van der Waals surface area contributed by atoms with E-state index in [4.69, 9.17) is 5.73 Å². The Hall–Kier alpha value is -1.13. The van der Waals surface area contributed by atoms with Crippen LogP contribution >= 0.6 is 15.9 Å². The average molecular weight is 350 g/mol. The molecule has 0 saturated carbocycles. The number of rotatable bonds is 7. The van der Waals surface area contributed by atoms with E-state index in [0.717, 1.165) is 29.4 Å². The molecule has 2 N–H and O–H groups in total. The summed E-state index contributed by atoms with van der Waals surface area (Å²) < 4.78 is 3.22. The van der Waals surface area contributed by atoms with Crippen LogP contribution in [0.3, 0.4) is 0 Å². The summed E-state index contributed by atoms with van der Waals surface area (Å²) >= 11 is 3.61. The number of hydrogen-bond acceptors (Lipinski definition) is 2. The van der Waals surface area contributed by atoms with Gasteiger partial charge >= 0.3 is 0 Å². The molecule has 0 bridgehead atoms. The van der Waals surface area contributed by atoms with E-state index >= 15 is 0 Å². The molecule has 2 atom stereocenters. The van der Waals surface area contributed by atoms with Gasteiger partial charge in [0.1, 0.15) is 0 Å². The van der Waals surface area contributed by atoms with E-state index in [2.05, 4.69) is 70.0 Å². The molecule has 2 aromatic rings. The number of benzene rings is 1. The predicted octanol–water partition coefficient (Wildman–Crippen LogP) is 3.98. The van der Waals surface area contributed by atoms with Crippen molar-refractivity contribution in [3.8, 4) is 0 Å². The predicted molar refractivity (Wildman–Crippen MR) is 91.3 cm³/mol. The minimum absolute atomic E-state index is 0.420. The largest absolute Gasteiger partial charge is 0.330 e. The third-order valence-electron chi connectivity index (χ3n) is 4.00. The summed E-state index contributed by atoms with van der Waals surface area (Å²) in [5.41, 5.74) is 8.41. The zero-order valence-corrected chi connectivity index (χ0v) is 14.4. The van der Waals surface area contributed by atoms with Crippen LogP contribution in [0.1, 0.15) is 37.6 Å². The van der Waals surface area contributed by atoms with Gasteiger partial charge in [-0.2, -0.15) is 5.10 Å². The van der Waals surface area contributed by atoms with Crippen molar-refractivity contribution in [2.45, 2.75) is 39.2 Å². The number of hydrogen-bond donors (Lipinski definition) is 1. The van der Waals surface area contributed by atoms with Crippen molar-refractivity contribution < 1.29 is 0 Å². The molecule has 3 nitrogen and oxygen atoms in total. The first-order valence-corrected chi connectivity index (χ1v) is 8.40. The van der Waals surface area contributed by atoms with Gasteiger partial charge < -0.3 is 5.73 Å². The van der Waals surface area contributed by atoms with Crippen LogP contribution in [0.25, 0.3) is 0 Å². The lowest BCUT2D eigenvalue weighted by Gasteiger charge is -2.15. The quantitative estimate of drug-likeness (QED) is 0.821. The van der Waals surface area contributed by atoms with Gasteiger partial charge in [0.2, 0.25) is 0 Å². The molecule has 114 valence electrons. The van der Waals surface area contributed by atoms with Gasteiger partial charge in [0.25, 0.3) is 0 Å². The van der Waals surface area contributed by atoms with Crippen molar-refractivity contribution in [3.05, 3.63) is 52.3 Å². The number of nitrogens with two attached hydrogens (primary N) is 1. The average Bonchev–Trinajstić information content (AvgIpc) is 2.96. The van der Waals surface area contributed by atoms with E-state index in [-0.39, 0.29) is 0 Å². The van der Waals surface area contributed by atoms with E-state index in [1.807, 2.05) is 6.07 Å². The highest BCUT2D eigenvalue weighted by molar-refractivity contribution is 9.10. The van der Waals surface area contributed by atoms with Crippen molar-refractivity contribution in [2.24, 2.45) is 11.7 Å². The summed E-state index contributed by atoms with van der Waals surface area (Å²) in [4.78, 5) is 0. The summed E-state index contributed by atoms with van der Waals surface area (Å²) in [5, 5.41) is 4.68. The van der Waals surface area contributed by atoms with Crippen molar-refractivity contribution >= 4 is 15.9 Å².